The number of hydrogen-bond acceptors (Lipinski definition) is 2. The molecule has 2 aromatic rings. The summed E-state index contributed by atoms with van der Waals surface area (Å²) in [6, 6.07) is 17.2. The van der Waals surface area contributed by atoms with Gasteiger partial charge in [0.1, 0.15) is 12.4 Å². The van der Waals surface area contributed by atoms with Gasteiger partial charge in [0.15, 0.2) is 0 Å². The Hall–Kier alpha value is -1.80. The average Bonchev–Trinajstić information content (AvgIpc) is 2.57. The minimum absolute atomic E-state index is 0.341. The lowest BCUT2D eigenvalue weighted by Crippen LogP contribution is -2.34. The highest BCUT2D eigenvalue weighted by Gasteiger charge is 2.23. The highest BCUT2D eigenvalue weighted by Crippen LogP contribution is 2.30. The molecule has 1 aliphatic carbocycles. The second-order valence-corrected chi connectivity index (χ2v) is 6.74. The molecular formula is C21H27NO. The van der Waals surface area contributed by atoms with Gasteiger partial charge in [0.2, 0.25) is 0 Å². The van der Waals surface area contributed by atoms with Crippen LogP contribution in [0.1, 0.15) is 42.4 Å². The highest BCUT2D eigenvalue weighted by atomic mass is 16.5. The number of rotatable bonds is 5. The molecule has 122 valence electrons. The van der Waals surface area contributed by atoms with Crippen molar-refractivity contribution in [2.45, 2.75) is 51.7 Å². The first kappa shape index (κ1) is 16.1. The van der Waals surface area contributed by atoms with Crippen LogP contribution in [0.25, 0.3) is 0 Å². The highest BCUT2D eigenvalue weighted by molar-refractivity contribution is 5.34. The van der Waals surface area contributed by atoms with Crippen molar-refractivity contribution in [1.82, 2.24) is 0 Å². The third-order valence-corrected chi connectivity index (χ3v) is 5.07. The molecular weight excluding hydrogens is 282 g/mol. The molecule has 0 amide bonds. The molecule has 2 heteroatoms. The van der Waals surface area contributed by atoms with Gasteiger partial charge < -0.3 is 10.5 Å². The molecule has 0 saturated heterocycles. The Balaban J connectivity index is 1.69. The molecule has 0 aliphatic heterocycles. The van der Waals surface area contributed by atoms with Gasteiger partial charge in [-0.1, -0.05) is 55.3 Å². The SMILES string of the molecule is Cc1ccccc1COc1ccccc1CC1CCCCC1N. The summed E-state index contributed by atoms with van der Waals surface area (Å²) in [6.45, 7) is 2.76. The number of hydrogen-bond donors (Lipinski definition) is 1. The van der Waals surface area contributed by atoms with E-state index in [2.05, 4.69) is 55.5 Å². The molecule has 0 bridgehead atoms. The van der Waals surface area contributed by atoms with Crippen LogP contribution < -0.4 is 10.5 Å². The van der Waals surface area contributed by atoms with Gasteiger partial charge in [-0.25, -0.2) is 0 Å². The van der Waals surface area contributed by atoms with Crippen LogP contribution in [0.2, 0.25) is 0 Å². The van der Waals surface area contributed by atoms with Crippen molar-refractivity contribution < 1.29 is 4.74 Å². The van der Waals surface area contributed by atoms with E-state index in [9.17, 15) is 0 Å². The number of aryl methyl sites for hydroxylation is 1. The Kier molecular flexibility index (Phi) is 5.35. The van der Waals surface area contributed by atoms with Crippen molar-refractivity contribution in [3.63, 3.8) is 0 Å². The topological polar surface area (TPSA) is 35.2 Å². The second-order valence-electron chi connectivity index (χ2n) is 6.74. The van der Waals surface area contributed by atoms with Gasteiger partial charge >= 0.3 is 0 Å². The van der Waals surface area contributed by atoms with Crippen molar-refractivity contribution in [1.29, 1.82) is 0 Å². The Morgan fingerprint density at radius 3 is 2.43 bits per heavy atom. The largest absolute Gasteiger partial charge is 0.489 e. The average molecular weight is 309 g/mol. The summed E-state index contributed by atoms with van der Waals surface area (Å²) >= 11 is 0. The van der Waals surface area contributed by atoms with Crippen LogP contribution in [0.4, 0.5) is 0 Å². The van der Waals surface area contributed by atoms with Gasteiger partial charge in [0.25, 0.3) is 0 Å². The fraction of sp³-hybridized carbons (Fsp3) is 0.429. The summed E-state index contributed by atoms with van der Waals surface area (Å²) in [5.41, 5.74) is 10.1. The van der Waals surface area contributed by atoms with Crippen molar-refractivity contribution in [2.24, 2.45) is 11.7 Å². The van der Waals surface area contributed by atoms with Gasteiger partial charge in [-0.3, -0.25) is 0 Å². The van der Waals surface area contributed by atoms with E-state index in [4.69, 9.17) is 10.5 Å². The summed E-state index contributed by atoms with van der Waals surface area (Å²) < 4.78 is 6.14. The maximum atomic E-state index is 6.32. The Bertz CT molecular complexity index is 637. The van der Waals surface area contributed by atoms with E-state index in [0.29, 0.717) is 18.6 Å². The zero-order valence-corrected chi connectivity index (χ0v) is 14.0. The van der Waals surface area contributed by atoms with Gasteiger partial charge in [-0.05, 0) is 54.9 Å². The molecule has 2 aromatic carbocycles. The maximum Gasteiger partial charge on any atom is 0.123 e. The van der Waals surface area contributed by atoms with Crippen molar-refractivity contribution in [2.75, 3.05) is 0 Å². The lowest BCUT2D eigenvalue weighted by molar-refractivity contribution is 0.284. The molecule has 2 N–H and O–H groups in total. The third-order valence-electron chi connectivity index (χ3n) is 5.07. The Morgan fingerprint density at radius 1 is 0.957 bits per heavy atom. The molecule has 2 nitrogen and oxygen atoms in total. The van der Waals surface area contributed by atoms with Gasteiger partial charge in [-0.15, -0.1) is 0 Å². The zero-order valence-electron chi connectivity index (χ0n) is 14.0. The monoisotopic (exact) mass is 309 g/mol. The smallest absolute Gasteiger partial charge is 0.123 e. The molecule has 2 atom stereocenters. The quantitative estimate of drug-likeness (QED) is 0.873. The number of ether oxygens (including phenoxy) is 1. The van der Waals surface area contributed by atoms with Gasteiger partial charge in [-0.2, -0.15) is 0 Å². The van der Waals surface area contributed by atoms with E-state index in [0.717, 1.165) is 18.6 Å². The van der Waals surface area contributed by atoms with Crippen LogP contribution in [0, 0.1) is 12.8 Å². The zero-order chi connectivity index (χ0) is 16.1. The third kappa shape index (κ3) is 4.14. The molecule has 1 saturated carbocycles. The number of benzene rings is 2. The van der Waals surface area contributed by atoms with Crippen molar-refractivity contribution in [3.8, 4) is 5.75 Å². The van der Waals surface area contributed by atoms with Crippen LogP contribution in [-0.2, 0) is 13.0 Å². The Labute approximate surface area is 139 Å². The van der Waals surface area contributed by atoms with Gasteiger partial charge in [0.05, 0.1) is 0 Å². The van der Waals surface area contributed by atoms with Crippen molar-refractivity contribution >= 4 is 0 Å². The van der Waals surface area contributed by atoms with Crippen LogP contribution in [0.15, 0.2) is 48.5 Å². The molecule has 2 unspecified atom stereocenters. The standard InChI is InChI=1S/C21H27NO/c1-16-8-2-3-11-19(16)15-23-21-13-7-5-10-18(21)14-17-9-4-6-12-20(17)22/h2-3,5,7-8,10-11,13,17,20H,4,6,9,12,14-15,22H2,1H3. The number of para-hydroxylation sites is 1. The van der Waals surface area contributed by atoms with E-state index in [1.54, 1.807) is 0 Å². The van der Waals surface area contributed by atoms with E-state index < -0.39 is 0 Å². The summed E-state index contributed by atoms with van der Waals surface area (Å²) in [6.07, 6.45) is 6.03. The molecule has 0 spiro atoms. The van der Waals surface area contributed by atoms with E-state index in [1.165, 1.54) is 36.0 Å². The maximum absolute atomic E-state index is 6.32. The van der Waals surface area contributed by atoms with Crippen molar-refractivity contribution in [3.05, 3.63) is 65.2 Å². The van der Waals surface area contributed by atoms with E-state index in [1.807, 2.05) is 0 Å². The molecule has 0 aromatic heterocycles. The second kappa shape index (κ2) is 7.65. The minimum Gasteiger partial charge on any atom is -0.489 e. The lowest BCUT2D eigenvalue weighted by atomic mass is 9.81. The Morgan fingerprint density at radius 2 is 1.65 bits per heavy atom. The predicted molar refractivity (Wildman–Crippen MR) is 95.6 cm³/mol. The van der Waals surface area contributed by atoms with Crippen LogP contribution in [0.3, 0.4) is 0 Å². The lowest BCUT2D eigenvalue weighted by Gasteiger charge is -2.29. The van der Waals surface area contributed by atoms with Crippen LogP contribution >= 0.6 is 0 Å². The van der Waals surface area contributed by atoms with E-state index in [-0.39, 0.29) is 0 Å². The minimum atomic E-state index is 0.341. The van der Waals surface area contributed by atoms with Crippen LogP contribution in [0.5, 0.6) is 5.75 Å². The molecule has 0 radical (unpaired) electrons. The molecule has 1 aliphatic rings. The molecule has 23 heavy (non-hydrogen) atoms. The number of nitrogens with two attached hydrogens (primary N) is 1. The molecule has 0 heterocycles. The predicted octanol–water partition coefficient (Wildman–Crippen LogP) is 4.63. The first-order valence-corrected chi connectivity index (χ1v) is 8.75. The summed E-state index contributed by atoms with van der Waals surface area (Å²) in [4.78, 5) is 0. The molecule has 3 rings (SSSR count). The fourth-order valence-electron chi connectivity index (χ4n) is 3.51. The first-order chi connectivity index (χ1) is 11.2. The molecule has 1 fully saturated rings. The van der Waals surface area contributed by atoms with Gasteiger partial charge in [0, 0.05) is 6.04 Å². The summed E-state index contributed by atoms with van der Waals surface area (Å²) in [7, 11) is 0. The normalized spacial score (nSPS) is 21.1. The fourth-order valence-corrected chi connectivity index (χ4v) is 3.51. The summed E-state index contributed by atoms with van der Waals surface area (Å²) in [5, 5.41) is 0. The summed E-state index contributed by atoms with van der Waals surface area (Å²) in [5.74, 6) is 1.60. The van der Waals surface area contributed by atoms with E-state index >= 15 is 0 Å². The first-order valence-electron chi connectivity index (χ1n) is 8.75. The van der Waals surface area contributed by atoms with Crippen LogP contribution in [-0.4, -0.2) is 6.04 Å².